The van der Waals surface area contributed by atoms with Gasteiger partial charge in [-0.25, -0.2) is 0 Å². The second-order valence-corrected chi connectivity index (χ2v) is 7.88. The number of benzene rings is 2. The third-order valence-corrected chi connectivity index (χ3v) is 5.06. The Morgan fingerprint density at radius 1 is 0.793 bits per heavy atom. The van der Waals surface area contributed by atoms with Crippen LogP contribution in [0, 0.1) is 13.8 Å². The van der Waals surface area contributed by atoms with Gasteiger partial charge in [0.05, 0.1) is 0 Å². The molecule has 1 heterocycles. The molecule has 0 fully saturated rings. The van der Waals surface area contributed by atoms with Crippen molar-refractivity contribution in [1.82, 2.24) is 0 Å². The number of hydrogen-bond donors (Lipinski definition) is 1. The second-order valence-electron chi connectivity index (χ2n) is 7.01. The third-order valence-electron chi connectivity index (χ3n) is 4.63. The van der Waals surface area contributed by atoms with E-state index in [1.54, 1.807) is 47.0 Å². The minimum Gasteiger partial charge on any atom is -0.347 e. The summed E-state index contributed by atoms with van der Waals surface area (Å²) in [6.45, 7) is 3.88. The van der Waals surface area contributed by atoms with E-state index in [0.717, 1.165) is 11.1 Å². The summed E-state index contributed by atoms with van der Waals surface area (Å²) in [7, 11) is 0. The SMILES string of the molecule is Cc1cc(C)c[n+](C2=C(Nc3cc(Cl)cc(Cl)c3)C(=O)c3ccccc3C2=O)c1. The van der Waals surface area contributed by atoms with Crippen LogP contribution in [0.5, 0.6) is 0 Å². The maximum Gasteiger partial charge on any atom is 0.286 e. The van der Waals surface area contributed by atoms with Gasteiger partial charge in [-0.15, -0.1) is 0 Å². The van der Waals surface area contributed by atoms with Gasteiger partial charge in [0, 0.05) is 38.0 Å². The number of hydrogen-bond acceptors (Lipinski definition) is 3. The molecular formula is C23H17Cl2N2O2+. The third kappa shape index (κ3) is 3.69. The van der Waals surface area contributed by atoms with E-state index >= 15 is 0 Å². The van der Waals surface area contributed by atoms with Crippen LogP contribution in [0.4, 0.5) is 5.69 Å². The number of pyridine rings is 1. The molecular weight excluding hydrogens is 407 g/mol. The van der Waals surface area contributed by atoms with E-state index < -0.39 is 0 Å². The van der Waals surface area contributed by atoms with Crippen molar-refractivity contribution in [3.63, 3.8) is 0 Å². The Balaban J connectivity index is 1.96. The summed E-state index contributed by atoms with van der Waals surface area (Å²) in [5.74, 6) is -0.496. The highest BCUT2D eigenvalue weighted by atomic mass is 35.5. The molecule has 4 nitrogen and oxygen atoms in total. The zero-order valence-corrected chi connectivity index (χ0v) is 17.3. The van der Waals surface area contributed by atoms with E-state index in [-0.39, 0.29) is 23.0 Å². The molecule has 0 amide bonds. The largest absolute Gasteiger partial charge is 0.347 e. The molecule has 1 N–H and O–H groups in total. The highest BCUT2D eigenvalue weighted by Gasteiger charge is 2.38. The van der Waals surface area contributed by atoms with Crippen molar-refractivity contribution in [2.75, 3.05) is 5.32 Å². The molecule has 0 aliphatic heterocycles. The fourth-order valence-corrected chi connectivity index (χ4v) is 4.06. The van der Waals surface area contributed by atoms with Gasteiger partial charge in [-0.1, -0.05) is 47.5 Å². The molecule has 0 saturated carbocycles. The van der Waals surface area contributed by atoms with Crippen LogP contribution in [0.25, 0.3) is 5.70 Å². The Kier molecular flexibility index (Phi) is 4.99. The maximum atomic E-state index is 13.4. The average Bonchev–Trinajstić information content (AvgIpc) is 2.64. The van der Waals surface area contributed by atoms with Gasteiger partial charge in [0.1, 0.15) is 0 Å². The van der Waals surface area contributed by atoms with Crippen molar-refractivity contribution in [2.45, 2.75) is 13.8 Å². The quantitative estimate of drug-likeness (QED) is 0.584. The van der Waals surface area contributed by atoms with E-state index in [1.165, 1.54) is 0 Å². The van der Waals surface area contributed by atoms with Crippen molar-refractivity contribution < 1.29 is 14.2 Å². The molecule has 6 heteroatoms. The lowest BCUT2D eigenvalue weighted by Crippen LogP contribution is -2.42. The molecule has 3 aromatic rings. The van der Waals surface area contributed by atoms with Gasteiger partial charge in [0.25, 0.3) is 11.5 Å². The number of aryl methyl sites for hydroxylation is 2. The first-order chi connectivity index (χ1) is 13.8. The van der Waals surface area contributed by atoms with Gasteiger partial charge in [0.2, 0.25) is 5.78 Å². The van der Waals surface area contributed by atoms with Gasteiger partial charge in [-0.3, -0.25) is 9.59 Å². The smallest absolute Gasteiger partial charge is 0.286 e. The van der Waals surface area contributed by atoms with Gasteiger partial charge in [0.15, 0.2) is 18.1 Å². The summed E-state index contributed by atoms with van der Waals surface area (Å²) < 4.78 is 1.70. The van der Waals surface area contributed by atoms with Crippen molar-refractivity contribution in [2.24, 2.45) is 0 Å². The fourth-order valence-electron chi connectivity index (χ4n) is 3.53. The number of ketones is 2. The summed E-state index contributed by atoms with van der Waals surface area (Å²) in [6, 6.07) is 13.7. The summed E-state index contributed by atoms with van der Waals surface area (Å²) >= 11 is 12.2. The fraction of sp³-hybridized carbons (Fsp3) is 0.0870. The normalized spacial score (nSPS) is 13.5. The minimum atomic E-state index is -0.266. The molecule has 0 unspecified atom stereocenters. The molecule has 144 valence electrons. The van der Waals surface area contributed by atoms with Gasteiger partial charge in [-0.2, -0.15) is 4.57 Å². The lowest BCUT2D eigenvalue weighted by molar-refractivity contribution is -0.578. The molecule has 1 aromatic heterocycles. The highest BCUT2D eigenvalue weighted by Crippen LogP contribution is 2.30. The Bertz CT molecular complexity index is 1170. The summed E-state index contributed by atoms with van der Waals surface area (Å²) in [5, 5.41) is 3.94. The Hall–Kier alpha value is -2.95. The van der Waals surface area contributed by atoms with Crippen molar-refractivity contribution in [3.05, 3.63) is 98.9 Å². The van der Waals surface area contributed by atoms with E-state index in [0.29, 0.717) is 26.9 Å². The number of aromatic nitrogens is 1. The molecule has 0 bridgehead atoms. The average molecular weight is 424 g/mol. The summed E-state index contributed by atoms with van der Waals surface area (Å²) in [4.78, 5) is 26.7. The Labute approximate surface area is 178 Å². The van der Waals surface area contributed by atoms with Crippen LogP contribution in [0.1, 0.15) is 31.8 Å². The lowest BCUT2D eigenvalue weighted by Gasteiger charge is -2.19. The zero-order valence-electron chi connectivity index (χ0n) is 15.8. The Morgan fingerprint density at radius 2 is 1.34 bits per heavy atom. The molecule has 1 aliphatic carbocycles. The molecule has 0 spiro atoms. The lowest BCUT2D eigenvalue weighted by atomic mass is 9.90. The molecule has 0 saturated heterocycles. The second kappa shape index (κ2) is 7.47. The highest BCUT2D eigenvalue weighted by molar-refractivity contribution is 6.37. The van der Waals surface area contributed by atoms with Crippen molar-refractivity contribution in [3.8, 4) is 0 Å². The summed E-state index contributed by atoms with van der Waals surface area (Å²) in [6.07, 6.45) is 3.65. The minimum absolute atomic E-state index is 0.182. The van der Waals surface area contributed by atoms with E-state index in [4.69, 9.17) is 23.2 Å². The zero-order chi connectivity index (χ0) is 20.7. The number of carbonyl (C=O) groups excluding carboxylic acids is 2. The van der Waals surface area contributed by atoms with Crippen LogP contribution < -0.4 is 9.88 Å². The number of rotatable bonds is 3. The number of Topliss-reactive ketones (excluding diaryl/α,β-unsaturated/α-hetero) is 2. The van der Waals surface area contributed by atoms with Crippen LogP contribution in [0.2, 0.25) is 10.0 Å². The predicted molar refractivity (Wildman–Crippen MR) is 115 cm³/mol. The van der Waals surface area contributed by atoms with E-state index in [9.17, 15) is 9.59 Å². The van der Waals surface area contributed by atoms with Crippen molar-refractivity contribution >= 4 is 46.2 Å². The van der Waals surface area contributed by atoms with Gasteiger partial charge >= 0.3 is 0 Å². The molecule has 29 heavy (non-hydrogen) atoms. The van der Waals surface area contributed by atoms with Crippen LogP contribution >= 0.6 is 23.2 Å². The standard InChI is InChI=1S/C23H16Cl2N2O2/c1-13-7-14(2)12-27(11-13)21-20(26-17-9-15(24)8-16(25)10-17)22(28)18-5-3-4-6-19(18)23(21)29/h3-12H,1-2H3/p+1. The number of fused-ring (bicyclic) bond motifs is 1. The van der Waals surface area contributed by atoms with Crippen LogP contribution in [-0.2, 0) is 0 Å². The van der Waals surface area contributed by atoms with Gasteiger partial charge in [-0.05, 0) is 38.1 Å². The molecule has 0 atom stereocenters. The maximum absolute atomic E-state index is 13.4. The van der Waals surface area contributed by atoms with Gasteiger partial charge < -0.3 is 5.32 Å². The number of carbonyl (C=O) groups is 2. The molecule has 1 aliphatic rings. The number of halogens is 2. The number of nitrogens with one attached hydrogen (secondary N) is 1. The van der Waals surface area contributed by atoms with Crippen LogP contribution in [-0.4, -0.2) is 11.6 Å². The first-order valence-corrected chi connectivity index (χ1v) is 9.75. The number of allylic oxidation sites excluding steroid dienone is 2. The van der Waals surface area contributed by atoms with Crippen molar-refractivity contribution in [1.29, 1.82) is 0 Å². The molecule has 2 aromatic carbocycles. The van der Waals surface area contributed by atoms with Crippen LogP contribution in [0.15, 0.2) is 66.6 Å². The van der Waals surface area contributed by atoms with E-state index in [1.807, 2.05) is 32.3 Å². The first-order valence-electron chi connectivity index (χ1n) is 8.99. The topological polar surface area (TPSA) is 50.1 Å². The molecule has 4 rings (SSSR count). The predicted octanol–water partition coefficient (Wildman–Crippen LogP) is 5.26. The first kappa shape index (κ1) is 19.4. The summed E-state index contributed by atoms with van der Waals surface area (Å²) in [5.41, 5.74) is 3.67. The van der Waals surface area contributed by atoms with E-state index in [2.05, 4.69) is 5.32 Å². The number of nitrogens with zero attached hydrogens (tertiary/aromatic N) is 1. The number of anilines is 1. The van der Waals surface area contributed by atoms with Crippen LogP contribution in [0.3, 0.4) is 0 Å². The Morgan fingerprint density at radius 3 is 1.93 bits per heavy atom. The monoisotopic (exact) mass is 423 g/mol. The molecule has 0 radical (unpaired) electrons.